The fourth-order valence-electron chi connectivity index (χ4n) is 3.17. The van der Waals surface area contributed by atoms with Crippen LogP contribution < -0.4 is 5.32 Å². The van der Waals surface area contributed by atoms with E-state index < -0.39 is 16.6 Å². The van der Waals surface area contributed by atoms with Crippen molar-refractivity contribution < 1.29 is 19.2 Å². The van der Waals surface area contributed by atoms with E-state index in [0.717, 1.165) is 0 Å². The fraction of sp³-hybridized carbons (Fsp3) is 0.450. The van der Waals surface area contributed by atoms with Crippen LogP contribution in [0.2, 0.25) is 0 Å². The average Bonchev–Trinajstić information content (AvgIpc) is 3.11. The maximum Gasteiger partial charge on any atom is 0.410 e. The van der Waals surface area contributed by atoms with Gasteiger partial charge in [0.2, 0.25) is 11.7 Å². The molecule has 1 aliphatic heterocycles. The number of nitrogens with one attached hydrogen (secondary N) is 1. The van der Waals surface area contributed by atoms with E-state index in [2.05, 4.69) is 10.4 Å². The summed E-state index contributed by atoms with van der Waals surface area (Å²) in [5, 5.41) is 18.2. The smallest absolute Gasteiger partial charge is 0.410 e. The predicted octanol–water partition coefficient (Wildman–Crippen LogP) is 3.37. The van der Waals surface area contributed by atoms with Crippen LogP contribution in [0, 0.1) is 16.0 Å². The molecule has 0 saturated carbocycles. The molecule has 1 aromatic heterocycles. The van der Waals surface area contributed by atoms with Gasteiger partial charge in [0, 0.05) is 19.0 Å². The highest BCUT2D eigenvalue weighted by atomic mass is 16.6. The third-order valence-corrected chi connectivity index (χ3v) is 4.67. The van der Waals surface area contributed by atoms with Crippen LogP contribution in [0.4, 0.5) is 16.3 Å². The molecule has 10 nitrogen and oxygen atoms in total. The van der Waals surface area contributed by atoms with Crippen molar-refractivity contribution >= 4 is 23.5 Å². The summed E-state index contributed by atoms with van der Waals surface area (Å²) < 4.78 is 6.71. The van der Waals surface area contributed by atoms with E-state index in [4.69, 9.17) is 4.74 Å². The fourth-order valence-corrected chi connectivity index (χ4v) is 3.17. The van der Waals surface area contributed by atoms with Gasteiger partial charge >= 0.3 is 11.8 Å². The van der Waals surface area contributed by atoms with Crippen LogP contribution in [0.1, 0.15) is 33.6 Å². The van der Waals surface area contributed by atoms with Crippen LogP contribution in [-0.2, 0) is 9.53 Å². The number of rotatable bonds is 4. The number of carbonyl (C=O) groups excluding carboxylic acids is 2. The highest BCUT2D eigenvalue weighted by molar-refractivity contribution is 5.93. The standard InChI is InChI=1S/C20H25N5O5/c1-20(2,3)30-19(27)23-11-9-14(10-12-23)18(26)21-17-16(25(28)29)13-24(22-17)15-7-5-4-6-8-15/h4-8,13-14H,9-12H2,1-3H3,(H,21,22,26). The quantitative estimate of drug-likeness (QED) is 0.604. The second-order valence-electron chi connectivity index (χ2n) is 8.13. The third-order valence-electron chi connectivity index (χ3n) is 4.67. The lowest BCUT2D eigenvalue weighted by Crippen LogP contribution is -2.43. The van der Waals surface area contributed by atoms with E-state index in [0.29, 0.717) is 31.6 Å². The number of para-hydroxylation sites is 1. The number of piperidine rings is 1. The van der Waals surface area contributed by atoms with Gasteiger partial charge in [-0.15, -0.1) is 5.10 Å². The molecule has 1 aromatic carbocycles. The minimum absolute atomic E-state index is 0.0941. The molecule has 3 rings (SSSR count). The number of anilines is 1. The number of hydrogen-bond acceptors (Lipinski definition) is 6. The number of amides is 2. The van der Waals surface area contributed by atoms with Crippen LogP contribution in [0.5, 0.6) is 0 Å². The molecule has 0 radical (unpaired) electrons. The van der Waals surface area contributed by atoms with Gasteiger partial charge in [0.25, 0.3) is 0 Å². The Balaban J connectivity index is 1.65. The molecular weight excluding hydrogens is 390 g/mol. The van der Waals surface area contributed by atoms with Gasteiger partial charge in [-0.1, -0.05) is 18.2 Å². The van der Waals surface area contributed by atoms with Crippen molar-refractivity contribution in [3.05, 3.63) is 46.6 Å². The topological polar surface area (TPSA) is 120 Å². The van der Waals surface area contributed by atoms with Crippen molar-refractivity contribution in [2.24, 2.45) is 5.92 Å². The summed E-state index contributed by atoms with van der Waals surface area (Å²) in [6, 6.07) is 8.93. The summed E-state index contributed by atoms with van der Waals surface area (Å²) in [7, 11) is 0. The lowest BCUT2D eigenvalue weighted by atomic mass is 9.96. The van der Waals surface area contributed by atoms with Crippen molar-refractivity contribution in [3.63, 3.8) is 0 Å². The Morgan fingerprint density at radius 2 is 1.83 bits per heavy atom. The summed E-state index contributed by atoms with van der Waals surface area (Å²) in [4.78, 5) is 37.2. The molecule has 2 heterocycles. The minimum Gasteiger partial charge on any atom is -0.444 e. The summed E-state index contributed by atoms with van der Waals surface area (Å²) in [6.45, 7) is 6.16. The molecule has 2 amide bonds. The molecule has 160 valence electrons. The van der Waals surface area contributed by atoms with Crippen LogP contribution in [0.25, 0.3) is 5.69 Å². The Labute approximate surface area is 174 Å². The molecular formula is C20H25N5O5. The third kappa shape index (κ3) is 5.13. The van der Waals surface area contributed by atoms with Crippen molar-refractivity contribution in [1.29, 1.82) is 0 Å². The van der Waals surface area contributed by atoms with Crippen molar-refractivity contribution in [2.45, 2.75) is 39.2 Å². The Hall–Kier alpha value is -3.43. The monoisotopic (exact) mass is 415 g/mol. The van der Waals surface area contributed by atoms with Gasteiger partial charge in [0.05, 0.1) is 10.6 Å². The van der Waals surface area contributed by atoms with Gasteiger partial charge < -0.3 is 15.0 Å². The number of carbonyl (C=O) groups is 2. The van der Waals surface area contributed by atoms with E-state index >= 15 is 0 Å². The van der Waals surface area contributed by atoms with Crippen LogP contribution in [-0.4, -0.2) is 50.3 Å². The lowest BCUT2D eigenvalue weighted by molar-refractivity contribution is -0.384. The minimum atomic E-state index is -0.582. The molecule has 1 N–H and O–H groups in total. The zero-order valence-electron chi connectivity index (χ0n) is 17.2. The van der Waals surface area contributed by atoms with Crippen molar-refractivity contribution in [1.82, 2.24) is 14.7 Å². The molecule has 0 spiro atoms. The maximum absolute atomic E-state index is 12.7. The van der Waals surface area contributed by atoms with E-state index in [1.165, 1.54) is 10.9 Å². The Kier molecular flexibility index (Phi) is 6.04. The van der Waals surface area contributed by atoms with E-state index in [-0.39, 0.29) is 23.3 Å². The zero-order chi connectivity index (χ0) is 21.9. The molecule has 1 fully saturated rings. The normalized spacial score (nSPS) is 15.0. The lowest BCUT2D eigenvalue weighted by Gasteiger charge is -2.32. The number of nitrogens with zero attached hydrogens (tertiary/aromatic N) is 4. The Bertz CT molecular complexity index is 927. The van der Waals surface area contributed by atoms with Gasteiger partial charge in [0.1, 0.15) is 11.8 Å². The molecule has 0 bridgehead atoms. The first-order valence-electron chi connectivity index (χ1n) is 9.72. The van der Waals surface area contributed by atoms with E-state index in [9.17, 15) is 19.7 Å². The zero-order valence-corrected chi connectivity index (χ0v) is 17.2. The van der Waals surface area contributed by atoms with Crippen LogP contribution >= 0.6 is 0 Å². The first-order valence-corrected chi connectivity index (χ1v) is 9.72. The number of hydrogen-bond donors (Lipinski definition) is 1. The molecule has 30 heavy (non-hydrogen) atoms. The molecule has 10 heteroatoms. The molecule has 0 aliphatic carbocycles. The Morgan fingerprint density at radius 1 is 1.20 bits per heavy atom. The second-order valence-corrected chi connectivity index (χ2v) is 8.13. The van der Waals surface area contributed by atoms with Gasteiger partial charge in [-0.3, -0.25) is 14.9 Å². The van der Waals surface area contributed by atoms with Gasteiger partial charge in [0.15, 0.2) is 0 Å². The summed E-state index contributed by atoms with van der Waals surface area (Å²) in [6.07, 6.45) is 1.76. The van der Waals surface area contributed by atoms with Gasteiger partial charge in [-0.05, 0) is 45.7 Å². The van der Waals surface area contributed by atoms with Gasteiger partial charge in [-0.25, -0.2) is 9.48 Å². The predicted molar refractivity (Wildman–Crippen MR) is 109 cm³/mol. The van der Waals surface area contributed by atoms with E-state index in [1.54, 1.807) is 49.9 Å². The molecule has 0 unspecified atom stereocenters. The SMILES string of the molecule is CC(C)(C)OC(=O)N1CCC(C(=O)Nc2nn(-c3ccccc3)cc2[N+](=O)[O-])CC1. The maximum atomic E-state index is 12.7. The second kappa shape index (κ2) is 8.52. The Morgan fingerprint density at radius 3 is 2.40 bits per heavy atom. The highest BCUT2D eigenvalue weighted by Gasteiger charge is 2.31. The highest BCUT2D eigenvalue weighted by Crippen LogP contribution is 2.27. The largest absolute Gasteiger partial charge is 0.444 e. The van der Waals surface area contributed by atoms with Crippen molar-refractivity contribution in [3.8, 4) is 5.69 Å². The summed E-state index contributed by atoms with van der Waals surface area (Å²) in [5.74, 6) is -0.811. The average molecular weight is 415 g/mol. The number of nitro groups is 1. The number of ether oxygens (including phenoxy) is 1. The number of benzene rings is 1. The number of aromatic nitrogens is 2. The molecule has 2 aromatic rings. The summed E-state index contributed by atoms with van der Waals surface area (Å²) >= 11 is 0. The number of likely N-dealkylation sites (tertiary alicyclic amines) is 1. The molecule has 0 atom stereocenters. The van der Waals surface area contributed by atoms with Crippen molar-refractivity contribution in [2.75, 3.05) is 18.4 Å². The summed E-state index contributed by atoms with van der Waals surface area (Å²) in [5.41, 5.74) is -0.216. The molecule has 1 aliphatic rings. The van der Waals surface area contributed by atoms with Crippen LogP contribution in [0.15, 0.2) is 36.5 Å². The first-order chi connectivity index (χ1) is 14.1. The van der Waals surface area contributed by atoms with E-state index in [1.807, 2.05) is 6.07 Å². The van der Waals surface area contributed by atoms with Crippen LogP contribution in [0.3, 0.4) is 0 Å². The first kappa shape index (κ1) is 21.3. The van der Waals surface area contributed by atoms with Gasteiger partial charge in [-0.2, -0.15) is 0 Å². The molecule has 1 saturated heterocycles.